The van der Waals surface area contributed by atoms with E-state index >= 15 is 0 Å². The molecule has 1 N–H and O–H groups in total. The van der Waals surface area contributed by atoms with Gasteiger partial charge in [0.15, 0.2) is 0 Å². The highest BCUT2D eigenvalue weighted by atomic mass is 16.2. The maximum absolute atomic E-state index is 13.3. The highest BCUT2D eigenvalue weighted by molar-refractivity contribution is 5.85. The molecule has 32 heavy (non-hydrogen) atoms. The highest BCUT2D eigenvalue weighted by Crippen LogP contribution is 2.24. The second kappa shape index (κ2) is 8.11. The number of para-hydroxylation sites is 2. The van der Waals surface area contributed by atoms with Gasteiger partial charge in [0.2, 0.25) is 17.6 Å². The molecule has 1 aromatic carbocycles. The van der Waals surface area contributed by atoms with E-state index < -0.39 is 11.2 Å². The van der Waals surface area contributed by atoms with Gasteiger partial charge in [-0.15, -0.1) is 5.10 Å². The van der Waals surface area contributed by atoms with Gasteiger partial charge in [-0.05, 0) is 66.0 Å². The topological polar surface area (TPSA) is 93.6 Å². The highest BCUT2D eigenvalue weighted by Gasteiger charge is 2.30. The largest absolute Gasteiger partial charge is 0.352 e. The molecule has 2 atom stereocenters. The summed E-state index contributed by atoms with van der Waals surface area (Å²) in [6, 6.07) is 7.81. The number of benzene rings is 1. The number of carbonyl (C=O) groups excluding carboxylic acids is 2. The molecule has 172 valence electrons. The van der Waals surface area contributed by atoms with Crippen LogP contribution < -0.4 is 11.0 Å². The van der Waals surface area contributed by atoms with Crippen LogP contribution in [0.1, 0.15) is 53.9 Å². The van der Waals surface area contributed by atoms with Crippen molar-refractivity contribution < 1.29 is 9.59 Å². The van der Waals surface area contributed by atoms with E-state index in [1.54, 1.807) is 4.57 Å². The molecule has 3 aromatic rings. The molecule has 1 saturated heterocycles. The fourth-order valence-electron chi connectivity index (χ4n) is 4.75. The third-order valence-corrected chi connectivity index (χ3v) is 6.06. The van der Waals surface area contributed by atoms with E-state index in [-0.39, 0.29) is 37.0 Å². The molecule has 0 spiro atoms. The van der Waals surface area contributed by atoms with Gasteiger partial charge in [-0.2, -0.15) is 0 Å². The standard InChI is InChI=1S/C23H32N6O3/c1-15-9-8-10-16(2)28(15)20(31)14-26-17-11-6-7-12-18(17)29-21(26)25-27(22(29)32)13-19(30)24-23(3,4)5/h6-7,11-12,15-16H,8-10,13-14H2,1-5H3,(H,24,30)/t15-,16-/m0/s1. The van der Waals surface area contributed by atoms with Crippen LogP contribution in [0.5, 0.6) is 0 Å². The third kappa shape index (κ3) is 4.03. The Morgan fingerprint density at radius 1 is 1.06 bits per heavy atom. The molecule has 0 aliphatic carbocycles. The predicted molar refractivity (Wildman–Crippen MR) is 122 cm³/mol. The minimum Gasteiger partial charge on any atom is -0.350 e. The Balaban J connectivity index is 1.74. The molecule has 2 aromatic heterocycles. The van der Waals surface area contributed by atoms with Crippen LogP contribution in [0.3, 0.4) is 0 Å². The van der Waals surface area contributed by atoms with Crippen molar-refractivity contribution in [2.45, 2.75) is 84.6 Å². The number of nitrogens with zero attached hydrogens (tertiary/aromatic N) is 5. The van der Waals surface area contributed by atoms with Crippen LogP contribution in [0.4, 0.5) is 0 Å². The molecular weight excluding hydrogens is 408 g/mol. The smallest absolute Gasteiger partial charge is 0.350 e. The molecule has 0 radical (unpaired) electrons. The molecule has 1 aliphatic rings. The number of carbonyl (C=O) groups is 2. The van der Waals surface area contributed by atoms with E-state index in [9.17, 15) is 14.4 Å². The summed E-state index contributed by atoms with van der Waals surface area (Å²) in [7, 11) is 0. The molecule has 4 rings (SSSR count). The summed E-state index contributed by atoms with van der Waals surface area (Å²) in [5, 5.41) is 7.31. The molecule has 0 saturated carbocycles. The number of amides is 2. The maximum atomic E-state index is 13.3. The molecule has 9 heteroatoms. The van der Waals surface area contributed by atoms with Crippen LogP contribution in [0.25, 0.3) is 16.8 Å². The van der Waals surface area contributed by atoms with E-state index in [1.807, 2.05) is 49.9 Å². The molecule has 3 heterocycles. The van der Waals surface area contributed by atoms with Crippen LogP contribution in [0, 0.1) is 0 Å². The number of piperidine rings is 1. The fourth-order valence-corrected chi connectivity index (χ4v) is 4.75. The monoisotopic (exact) mass is 440 g/mol. The van der Waals surface area contributed by atoms with Crippen LogP contribution >= 0.6 is 0 Å². The van der Waals surface area contributed by atoms with Crippen LogP contribution in [0.2, 0.25) is 0 Å². The molecule has 0 bridgehead atoms. The number of likely N-dealkylation sites (tertiary alicyclic amines) is 1. The summed E-state index contributed by atoms with van der Waals surface area (Å²) in [6.07, 6.45) is 3.11. The summed E-state index contributed by atoms with van der Waals surface area (Å²) >= 11 is 0. The second-order valence-corrected chi connectivity index (χ2v) is 9.88. The van der Waals surface area contributed by atoms with E-state index in [1.165, 1.54) is 4.40 Å². The van der Waals surface area contributed by atoms with Gasteiger partial charge in [0.05, 0.1) is 11.0 Å². The lowest BCUT2D eigenvalue weighted by molar-refractivity contribution is -0.137. The van der Waals surface area contributed by atoms with Gasteiger partial charge >= 0.3 is 5.69 Å². The Morgan fingerprint density at radius 3 is 2.31 bits per heavy atom. The Hall–Kier alpha value is -3.10. The summed E-state index contributed by atoms with van der Waals surface area (Å²) in [6.45, 7) is 9.73. The van der Waals surface area contributed by atoms with Crippen molar-refractivity contribution in [2.24, 2.45) is 0 Å². The van der Waals surface area contributed by atoms with E-state index in [2.05, 4.69) is 24.3 Å². The summed E-state index contributed by atoms with van der Waals surface area (Å²) in [5.41, 5.74) is 0.633. The number of hydrogen-bond acceptors (Lipinski definition) is 4. The predicted octanol–water partition coefficient (Wildman–Crippen LogP) is 2.15. The Labute approximate surface area is 187 Å². The van der Waals surface area contributed by atoms with Gasteiger partial charge in [0.1, 0.15) is 13.1 Å². The number of aromatic nitrogens is 4. The van der Waals surface area contributed by atoms with Crippen molar-refractivity contribution in [1.82, 2.24) is 29.0 Å². The van der Waals surface area contributed by atoms with Crippen molar-refractivity contribution in [3.05, 3.63) is 34.7 Å². The Bertz CT molecular complexity index is 1220. The van der Waals surface area contributed by atoms with Gasteiger partial charge in [0.25, 0.3) is 0 Å². The van der Waals surface area contributed by atoms with Crippen LogP contribution in [-0.2, 0) is 22.7 Å². The van der Waals surface area contributed by atoms with E-state index in [4.69, 9.17) is 0 Å². The zero-order valence-electron chi connectivity index (χ0n) is 19.5. The number of nitrogens with one attached hydrogen (secondary N) is 1. The molecular formula is C23H32N6O3. The number of rotatable bonds is 4. The van der Waals surface area contributed by atoms with Gasteiger partial charge < -0.3 is 10.2 Å². The first-order valence-electron chi connectivity index (χ1n) is 11.3. The van der Waals surface area contributed by atoms with Gasteiger partial charge in [-0.1, -0.05) is 12.1 Å². The number of fused-ring (bicyclic) bond motifs is 3. The lowest BCUT2D eigenvalue weighted by Gasteiger charge is -2.39. The minimum atomic E-state index is -0.407. The van der Waals surface area contributed by atoms with Crippen LogP contribution in [-0.4, -0.2) is 53.1 Å². The lowest BCUT2D eigenvalue weighted by Crippen LogP contribution is -2.48. The molecule has 9 nitrogen and oxygen atoms in total. The first-order valence-corrected chi connectivity index (χ1v) is 11.3. The SMILES string of the molecule is C[C@H]1CCC[C@H](C)N1C(=O)Cn1c2ccccc2n2c(=O)n(CC(=O)NC(C)(C)C)nc12. The van der Waals surface area contributed by atoms with Gasteiger partial charge in [-0.3, -0.25) is 14.2 Å². The summed E-state index contributed by atoms with van der Waals surface area (Å²) in [4.78, 5) is 40.8. The lowest BCUT2D eigenvalue weighted by atomic mass is 9.97. The van der Waals surface area contributed by atoms with Crippen molar-refractivity contribution in [2.75, 3.05) is 0 Å². The fraction of sp³-hybridized carbons (Fsp3) is 0.565. The molecule has 2 amide bonds. The van der Waals surface area contributed by atoms with Gasteiger partial charge in [-0.25, -0.2) is 13.9 Å². The summed E-state index contributed by atoms with van der Waals surface area (Å²) < 4.78 is 4.43. The third-order valence-electron chi connectivity index (χ3n) is 6.06. The zero-order valence-corrected chi connectivity index (χ0v) is 19.5. The first kappa shape index (κ1) is 22.1. The van der Waals surface area contributed by atoms with Crippen molar-refractivity contribution in [3.8, 4) is 0 Å². The molecule has 0 unspecified atom stereocenters. The number of hydrogen-bond donors (Lipinski definition) is 1. The molecule has 1 fully saturated rings. The van der Waals surface area contributed by atoms with Gasteiger partial charge in [0, 0.05) is 17.6 Å². The van der Waals surface area contributed by atoms with Crippen molar-refractivity contribution in [3.63, 3.8) is 0 Å². The normalized spacial score (nSPS) is 19.6. The first-order chi connectivity index (χ1) is 15.1. The Kier molecular flexibility index (Phi) is 5.60. The quantitative estimate of drug-likeness (QED) is 0.673. The minimum absolute atomic E-state index is 0.0143. The van der Waals surface area contributed by atoms with E-state index in [0.29, 0.717) is 11.3 Å². The second-order valence-electron chi connectivity index (χ2n) is 9.88. The molecule has 1 aliphatic heterocycles. The Morgan fingerprint density at radius 2 is 1.69 bits per heavy atom. The van der Waals surface area contributed by atoms with E-state index in [0.717, 1.165) is 29.5 Å². The van der Waals surface area contributed by atoms with Crippen LogP contribution in [0.15, 0.2) is 29.1 Å². The maximum Gasteiger partial charge on any atom is 0.352 e. The average molecular weight is 441 g/mol. The van der Waals surface area contributed by atoms with Crippen molar-refractivity contribution >= 4 is 28.6 Å². The average Bonchev–Trinajstić information content (AvgIpc) is 3.16. The van der Waals surface area contributed by atoms with Crippen molar-refractivity contribution in [1.29, 1.82) is 0 Å². The number of imidazole rings is 1. The zero-order chi connectivity index (χ0) is 23.2. The summed E-state index contributed by atoms with van der Waals surface area (Å²) in [5.74, 6) is 0.0918.